The highest BCUT2D eigenvalue weighted by molar-refractivity contribution is 5.75. The van der Waals surface area contributed by atoms with Gasteiger partial charge in [0.1, 0.15) is 0 Å². The van der Waals surface area contributed by atoms with Crippen LogP contribution in [-0.4, -0.2) is 66.7 Å². The molecule has 0 spiro atoms. The predicted molar refractivity (Wildman–Crippen MR) is 132 cm³/mol. The quantitative estimate of drug-likeness (QED) is 0.467. The average Bonchev–Trinajstić information content (AvgIpc) is 3.50. The lowest BCUT2D eigenvalue weighted by molar-refractivity contribution is -0.192. The Kier molecular flexibility index (Phi) is 8.63. The molecule has 0 atom stereocenters. The molecule has 202 valence electrons. The van der Waals surface area contributed by atoms with Crippen LogP contribution in [-0.2, 0) is 31.5 Å². The van der Waals surface area contributed by atoms with Crippen molar-refractivity contribution in [1.82, 2.24) is 28.6 Å². The molecule has 37 heavy (non-hydrogen) atoms. The third kappa shape index (κ3) is 6.50. The Hall–Kier alpha value is -3.81. The maximum Gasteiger partial charge on any atom is 0.490 e. The zero-order valence-corrected chi connectivity index (χ0v) is 20.8. The summed E-state index contributed by atoms with van der Waals surface area (Å²) in [6.07, 6.45) is 0.854. The molecule has 0 saturated carbocycles. The van der Waals surface area contributed by atoms with E-state index in [1.54, 1.807) is 7.05 Å². The standard InChI is InChI=1S/C21H29N7O2.C2HF3O2/c1-16(2)6-11-27-17-18(23-20(27)26-12-7-22-8-13-26)24(3)21(30)28(19(17)29)15-14-25-9-4-5-10-25;3-2(4,5)1(6)7/h4-6,9-10,22H,7-8,11-15H2,1-3H3;(H,6,7). The molecule has 0 amide bonds. The number of aromatic nitrogens is 5. The molecule has 2 N–H and O–H groups in total. The van der Waals surface area contributed by atoms with Crippen molar-refractivity contribution in [3.63, 3.8) is 0 Å². The average molecular weight is 526 g/mol. The van der Waals surface area contributed by atoms with Crippen molar-refractivity contribution in [1.29, 1.82) is 0 Å². The molecule has 0 aliphatic carbocycles. The first kappa shape index (κ1) is 27.8. The molecule has 1 aliphatic rings. The summed E-state index contributed by atoms with van der Waals surface area (Å²) in [6.45, 7) is 8.85. The lowest BCUT2D eigenvalue weighted by atomic mass is 10.3. The number of piperazine rings is 1. The predicted octanol–water partition coefficient (Wildman–Crippen LogP) is 1.41. The number of halogens is 3. The molecule has 3 aromatic heterocycles. The van der Waals surface area contributed by atoms with Crippen molar-refractivity contribution in [2.45, 2.75) is 39.7 Å². The van der Waals surface area contributed by atoms with Gasteiger partial charge in [0, 0.05) is 65.3 Å². The number of anilines is 1. The lowest BCUT2D eigenvalue weighted by Gasteiger charge is -2.28. The van der Waals surface area contributed by atoms with E-state index in [1.165, 1.54) is 14.7 Å². The van der Waals surface area contributed by atoms with Crippen LogP contribution in [0.1, 0.15) is 13.8 Å². The number of rotatable bonds is 6. The normalized spacial score (nSPS) is 13.8. The molecule has 0 bridgehead atoms. The fourth-order valence-electron chi connectivity index (χ4n) is 3.85. The SMILES string of the molecule is CC(C)=CCn1c(N2CCNCC2)nc2c1c(=O)n(CCn1cccc1)c(=O)n2C.O=C(O)C(F)(F)F. The molecule has 0 aromatic carbocycles. The summed E-state index contributed by atoms with van der Waals surface area (Å²) in [6, 6.07) is 3.86. The Labute approximate surface area is 210 Å². The minimum atomic E-state index is -5.08. The van der Waals surface area contributed by atoms with Gasteiger partial charge in [0.15, 0.2) is 11.2 Å². The van der Waals surface area contributed by atoms with Crippen molar-refractivity contribution >= 4 is 23.1 Å². The first-order valence-electron chi connectivity index (χ1n) is 11.6. The summed E-state index contributed by atoms with van der Waals surface area (Å²) in [4.78, 5) is 42.3. The molecule has 4 heterocycles. The van der Waals surface area contributed by atoms with Crippen LogP contribution in [0.25, 0.3) is 11.2 Å². The third-order valence-corrected chi connectivity index (χ3v) is 5.78. The minimum absolute atomic E-state index is 0.281. The summed E-state index contributed by atoms with van der Waals surface area (Å²) < 4.78 is 38.5. The first-order valence-corrected chi connectivity index (χ1v) is 11.6. The summed E-state index contributed by atoms with van der Waals surface area (Å²) >= 11 is 0. The molecule has 0 unspecified atom stereocenters. The Morgan fingerprint density at radius 2 is 1.70 bits per heavy atom. The van der Waals surface area contributed by atoms with E-state index in [4.69, 9.17) is 14.9 Å². The highest BCUT2D eigenvalue weighted by atomic mass is 19.4. The Balaban J connectivity index is 0.000000479. The number of hydrogen-bond acceptors (Lipinski definition) is 6. The Bertz CT molecular complexity index is 1370. The van der Waals surface area contributed by atoms with E-state index in [0.717, 1.165) is 32.1 Å². The van der Waals surface area contributed by atoms with Crippen LogP contribution in [0, 0.1) is 0 Å². The number of hydrogen-bond donors (Lipinski definition) is 2. The van der Waals surface area contributed by atoms with Gasteiger partial charge in [0.25, 0.3) is 5.56 Å². The molecular weight excluding hydrogens is 495 g/mol. The number of carboxylic acid groups (broad SMARTS) is 1. The van der Waals surface area contributed by atoms with Crippen LogP contribution >= 0.6 is 0 Å². The van der Waals surface area contributed by atoms with Gasteiger partial charge in [-0.15, -0.1) is 0 Å². The number of aliphatic carboxylic acids is 1. The van der Waals surface area contributed by atoms with Gasteiger partial charge in [-0.1, -0.05) is 11.6 Å². The highest BCUT2D eigenvalue weighted by Gasteiger charge is 2.38. The smallest absolute Gasteiger partial charge is 0.475 e. The molecular formula is C23H30F3N7O4. The number of nitrogens with one attached hydrogen (secondary N) is 1. The van der Waals surface area contributed by atoms with Crippen molar-refractivity contribution in [2.24, 2.45) is 7.05 Å². The lowest BCUT2D eigenvalue weighted by Crippen LogP contribution is -2.44. The second-order valence-corrected chi connectivity index (χ2v) is 8.74. The molecule has 14 heteroatoms. The van der Waals surface area contributed by atoms with Crippen molar-refractivity contribution in [3.05, 3.63) is 57.0 Å². The van der Waals surface area contributed by atoms with Crippen LogP contribution in [0.4, 0.5) is 19.1 Å². The summed E-state index contributed by atoms with van der Waals surface area (Å²) in [5.41, 5.74) is 1.48. The number of aryl methyl sites for hydroxylation is 2. The maximum absolute atomic E-state index is 13.5. The zero-order valence-electron chi connectivity index (χ0n) is 20.8. The molecule has 1 aliphatic heterocycles. The van der Waals surface area contributed by atoms with Gasteiger partial charge in [0.2, 0.25) is 5.95 Å². The summed E-state index contributed by atoms with van der Waals surface area (Å²) in [5.74, 6) is -2.01. The topological polar surface area (TPSA) is 119 Å². The van der Waals surface area contributed by atoms with Crippen LogP contribution in [0.3, 0.4) is 0 Å². The van der Waals surface area contributed by atoms with Crippen LogP contribution in [0.2, 0.25) is 0 Å². The van der Waals surface area contributed by atoms with Crippen molar-refractivity contribution in [2.75, 3.05) is 31.1 Å². The monoisotopic (exact) mass is 525 g/mol. The molecule has 3 aromatic rings. The highest BCUT2D eigenvalue weighted by Crippen LogP contribution is 2.20. The maximum atomic E-state index is 13.5. The molecule has 1 fully saturated rings. The van der Waals surface area contributed by atoms with Gasteiger partial charge in [-0.2, -0.15) is 18.2 Å². The van der Waals surface area contributed by atoms with E-state index in [2.05, 4.69) is 16.3 Å². The van der Waals surface area contributed by atoms with E-state index in [0.29, 0.717) is 30.8 Å². The molecule has 4 rings (SSSR count). The number of carbonyl (C=O) groups is 1. The van der Waals surface area contributed by atoms with E-state index >= 15 is 0 Å². The van der Waals surface area contributed by atoms with Crippen LogP contribution in [0.5, 0.6) is 0 Å². The van der Waals surface area contributed by atoms with Gasteiger partial charge < -0.3 is 24.5 Å². The molecule has 11 nitrogen and oxygen atoms in total. The fraction of sp³-hybridized carbons (Fsp3) is 0.478. The molecule has 0 radical (unpaired) electrons. The first-order chi connectivity index (χ1) is 17.4. The Morgan fingerprint density at radius 3 is 2.24 bits per heavy atom. The van der Waals surface area contributed by atoms with Gasteiger partial charge in [-0.05, 0) is 26.0 Å². The third-order valence-electron chi connectivity index (χ3n) is 5.78. The molecule has 1 saturated heterocycles. The van der Waals surface area contributed by atoms with Crippen molar-refractivity contribution in [3.8, 4) is 0 Å². The number of imidazole rings is 1. The summed E-state index contributed by atoms with van der Waals surface area (Å²) in [5, 5.41) is 10.5. The Morgan fingerprint density at radius 1 is 1.11 bits per heavy atom. The number of carboxylic acids is 1. The number of allylic oxidation sites excluding steroid dienone is 2. The van der Waals surface area contributed by atoms with Gasteiger partial charge in [0.05, 0.1) is 0 Å². The zero-order chi connectivity index (χ0) is 27.3. The van der Waals surface area contributed by atoms with E-state index < -0.39 is 12.1 Å². The van der Waals surface area contributed by atoms with E-state index in [-0.39, 0.29) is 11.2 Å². The number of fused-ring (bicyclic) bond motifs is 1. The van der Waals surface area contributed by atoms with Crippen LogP contribution < -0.4 is 21.5 Å². The van der Waals surface area contributed by atoms with Crippen molar-refractivity contribution < 1.29 is 23.1 Å². The number of alkyl halides is 3. The summed E-state index contributed by atoms with van der Waals surface area (Å²) in [7, 11) is 1.69. The largest absolute Gasteiger partial charge is 0.490 e. The second kappa shape index (κ2) is 11.5. The minimum Gasteiger partial charge on any atom is -0.475 e. The fourth-order valence-corrected chi connectivity index (χ4v) is 3.85. The van der Waals surface area contributed by atoms with E-state index in [9.17, 15) is 22.8 Å². The number of nitrogens with zero attached hydrogens (tertiary/aromatic N) is 6. The van der Waals surface area contributed by atoms with Gasteiger partial charge in [-0.25, -0.2) is 9.59 Å². The van der Waals surface area contributed by atoms with Crippen LogP contribution in [0.15, 0.2) is 45.8 Å². The van der Waals surface area contributed by atoms with Gasteiger partial charge >= 0.3 is 17.8 Å². The van der Waals surface area contributed by atoms with Gasteiger partial charge in [-0.3, -0.25) is 13.9 Å². The second-order valence-electron chi connectivity index (χ2n) is 8.74. The van der Waals surface area contributed by atoms with E-state index in [1.807, 2.05) is 47.5 Å².